The third-order valence-corrected chi connectivity index (χ3v) is 2.38. The van der Waals surface area contributed by atoms with Gasteiger partial charge in [0.25, 0.3) is 5.91 Å². The smallest absolute Gasteiger partial charge is 0.335 e. The monoisotopic (exact) mass is 271 g/mol. The summed E-state index contributed by atoms with van der Waals surface area (Å²) in [6.07, 6.45) is 1.09. The second-order valence-corrected chi connectivity index (χ2v) is 3.83. The van der Waals surface area contributed by atoms with E-state index in [0.717, 1.165) is 6.26 Å². The minimum Gasteiger partial charge on any atom is -0.430 e. The maximum Gasteiger partial charge on any atom is 0.335 e. The van der Waals surface area contributed by atoms with Crippen LogP contribution in [-0.4, -0.2) is 12.5 Å². The molecule has 0 saturated carbocycles. The van der Waals surface area contributed by atoms with Crippen molar-refractivity contribution in [3.05, 3.63) is 70.0 Å². The molecule has 100 valence electrons. The zero-order chi connectivity index (χ0) is 14.4. The first-order chi connectivity index (χ1) is 9.65. The third kappa shape index (κ3) is 3.82. The first-order valence-electron chi connectivity index (χ1n) is 5.76. The molecule has 1 amide bonds. The van der Waals surface area contributed by atoms with Gasteiger partial charge in [-0.2, -0.15) is 0 Å². The largest absolute Gasteiger partial charge is 0.430 e. The number of hydrogen-bond donors (Lipinski definition) is 1. The van der Waals surface area contributed by atoms with Gasteiger partial charge in [-0.1, -0.05) is 11.8 Å². The lowest BCUT2D eigenvalue weighted by atomic mass is 10.2. The Hall–Kier alpha value is -2.87. The second-order valence-electron chi connectivity index (χ2n) is 3.83. The fraction of sp³-hybridized carbons (Fsp3) is 0.0667. The average Bonchev–Trinajstić information content (AvgIpc) is 2.46. The quantitative estimate of drug-likeness (QED) is 0.843. The summed E-state index contributed by atoms with van der Waals surface area (Å²) in [6, 6.07) is 8.27. The number of rotatable bonds is 2. The molecule has 0 unspecified atom stereocenters. The third-order valence-electron chi connectivity index (χ3n) is 2.38. The minimum atomic E-state index is -0.516. The molecular weight excluding hydrogens is 261 g/mol. The number of amides is 1. The highest BCUT2D eigenvalue weighted by atomic mass is 19.1. The van der Waals surface area contributed by atoms with Crippen LogP contribution in [0.3, 0.4) is 0 Å². The highest BCUT2D eigenvalue weighted by Gasteiger charge is 2.04. The van der Waals surface area contributed by atoms with Gasteiger partial charge in [-0.05, 0) is 30.3 Å². The van der Waals surface area contributed by atoms with Crippen molar-refractivity contribution >= 4 is 5.91 Å². The van der Waals surface area contributed by atoms with Crippen LogP contribution in [0.1, 0.15) is 15.9 Å². The summed E-state index contributed by atoms with van der Waals surface area (Å²) in [5, 5.41) is 2.55. The number of carbonyl (C=O) groups is 1. The summed E-state index contributed by atoms with van der Waals surface area (Å²) in [5.74, 6) is 4.81. The highest BCUT2D eigenvalue weighted by Crippen LogP contribution is 2.00. The second kappa shape index (κ2) is 6.34. The Bertz CT molecular complexity index is 703. The molecule has 2 aromatic rings. The Morgan fingerprint density at radius 1 is 1.20 bits per heavy atom. The van der Waals surface area contributed by atoms with Gasteiger partial charge in [-0.25, -0.2) is 9.18 Å². The fourth-order valence-electron chi connectivity index (χ4n) is 1.39. The molecule has 0 atom stereocenters. The van der Waals surface area contributed by atoms with Crippen LogP contribution in [0.5, 0.6) is 0 Å². The van der Waals surface area contributed by atoms with Gasteiger partial charge >= 0.3 is 5.63 Å². The van der Waals surface area contributed by atoms with E-state index in [-0.39, 0.29) is 23.8 Å². The standard InChI is InChI=1S/C15H10FNO3/c16-13-6-3-11(4-7-13)2-1-9-17-15(19)12-5-8-14(18)20-10-12/h3-8,10H,9H2,(H,17,19). The van der Waals surface area contributed by atoms with Crippen LogP contribution in [0.4, 0.5) is 4.39 Å². The molecule has 0 fully saturated rings. The topological polar surface area (TPSA) is 59.3 Å². The van der Waals surface area contributed by atoms with Crippen molar-refractivity contribution in [2.45, 2.75) is 0 Å². The molecule has 0 radical (unpaired) electrons. The van der Waals surface area contributed by atoms with Crippen LogP contribution >= 0.6 is 0 Å². The Balaban J connectivity index is 1.90. The summed E-state index contributed by atoms with van der Waals surface area (Å²) >= 11 is 0. The fourth-order valence-corrected chi connectivity index (χ4v) is 1.39. The molecule has 1 aromatic heterocycles. The van der Waals surface area contributed by atoms with Gasteiger partial charge in [-0.15, -0.1) is 0 Å². The molecule has 4 nitrogen and oxygen atoms in total. The van der Waals surface area contributed by atoms with E-state index in [2.05, 4.69) is 21.6 Å². The van der Waals surface area contributed by atoms with Crippen LogP contribution < -0.4 is 10.9 Å². The number of nitrogens with one attached hydrogen (secondary N) is 1. The molecule has 1 N–H and O–H groups in total. The molecule has 20 heavy (non-hydrogen) atoms. The van der Waals surface area contributed by atoms with E-state index < -0.39 is 5.63 Å². The van der Waals surface area contributed by atoms with Gasteiger partial charge in [0.15, 0.2) is 0 Å². The SMILES string of the molecule is O=C(NCC#Cc1ccc(F)cc1)c1ccc(=O)oc1. The zero-order valence-corrected chi connectivity index (χ0v) is 10.4. The number of carbonyl (C=O) groups excluding carboxylic acids is 1. The number of benzene rings is 1. The van der Waals surface area contributed by atoms with Crippen LogP contribution in [0, 0.1) is 17.7 Å². The zero-order valence-electron chi connectivity index (χ0n) is 10.4. The molecule has 0 aliphatic carbocycles. The average molecular weight is 271 g/mol. The van der Waals surface area contributed by atoms with Gasteiger partial charge in [0.1, 0.15) is 12.1 Å². The number of halogens is 1. The lowest BCUT2D eigenvalue weighted by Gasteiger charge is -1.99. The van der Waals surface area contributed by atoms with Crippen molar-refractivity contribution in [1.82, 2.24) is 5.32 Å². The van der Waals surface area contributed by atoms with Crippen LogP contribution in [0.2, 0.25) is 0 Å². The minimum absolute atomic E-state index is 0.134. The normalized spacial score (nSPS) is 9.45. The molecular formula is C15H10FNO3. The molecule has 0 aliphatic heterocycles. The van der Waals surface area contributed by atoms with Gasteiger partial charge < -0.3 is 9.73 Å². The van der Waals surface area contributed by atoms with Gasteiger partial charge in [0.2, 0.25) is 0 Å². The van der Waals surface area contributed by atoms with Gasteiger partial charge in [0.05, 0.1) is 12.1 Å². The summed E-state index contributed by atoms with van der Waals surface area (Å²) in [4.78, 5) is 22.4. The first-order valence-corrected chi connectivity index (χ1v) is 5.76. The summed E-state index contributed by atoms with van der Waals surface area (Å²) in [5.41, 5.74) is 0.386. The van der Waals surface area contributed by atoms with E-state index in [1.54, 1.807) is 12.1 Å². The molecule has 0 bridgehead atoms. The summed E-state index contributed by atoms with van der Waals surface area (Å²) in [6.45, 7) is 0.134. The predicted octanol–water partition coefficient (Wildman–Crippen LogP) is 1.56. The van der Waals surface area contributed by atoms with Gasteiger partial charge in [0, 0.05) is 11.6 Å². The van der Waals surface area contributed by atoms with E-state index in [1.165, 1.54) is 24.3 Å². The van der Waals surface area contributed by atoms with Crippen molar-refractivity contribution < 1.29 is 13.6 Å². The van der Waals surface area contributed by atoms with Crippen molar-refractivity contribution in [2.75, 3.05) is 6.54 Å². The Kier molecular flexibility index (Phi) is 4.30. The van der Waals surface area contributed by atoms with Crippen LogP contribution in [-0.2, 0) is 0 Å². The van der Waals surface area contributed by atoms with E-state index in [1.807, 2.05) is 0 Å². The molecule has 2 rings (SSSR count). The van der Waals surface area contributed by atoms with Crippen molar-refractivity contribution in [2.24, 2.45) is 0 Å². The molecule has 5 heteroatoms. The van der Waals surface area contributed by atoms with Crippen LogP contribution in [0.25, 0.3) is 0 Å². The molecule has 0 spiro atoms. The van der Waals surface area contributed by atoms with E-state index in [4.69, 9.17) is 0 Å². The maximum absolute atomic E-state index is 12.7. The lowest BCUT2D eigenvalue weighted by Crippen LogP contribution is -2.23. The Morgan fingerprint density at radius 3 is 2.60 bits per heavy atom. The first kappa shape index (κ1) is 13.6. The van der Waals surface area contributed by atoms with Crippen LogP contribution in [0.15, 0.2) is 51.9 Å². The lowest BCUT2D eigenvalue weighted by molar-refractivity contribution is 0.0956. The van der Waals surface area contributed by atoms with Crippen molar-refractivity contribution in [1.29, 1.82) is 0 Å². The summed E-state index contributed by atoms with van der Waals surface area (Å²) < 4.78 is 17.2. The molecule has 1 aromatic carbocycles. The maximum atomic E-state index is 12.7. The van der Waals surface area contributed by atoms with Crippen molar-refractivity contribution in [3.63, 3.8) is 0 Å². The van der Waals surface area contributed by atoms with Gasteiger partial charge in [-0.3, -0.25) is 4.79 Å². The molecule has 0 aliphatic rings. The Morgan fingerprint density at radius 2 is 1.95 bits per heavy atom. The Labute approximate surface area is 114 Å². The van der Waals surface area contributed by atoms with E-state index >= 15 is 0 Å². The molecule has 1 heterocycles. The summed E-state index contributed by atoms with van der Waals surface area (Å²) in [7, 11) is 0. The van der Waals surface area contributed by atoms with E-state index in [0.29, 0.717) is 5.56 Å². The molecule has 0 saturated heterocycles. The van der Waals surface area contributed by atoms with E-state index in [9.17, 15) is 14.0 Å². The predicted molar refractivity (Wildman–Crippen MR) is 70.6 cm³/mol. The van der Waals surface area contributed by atoms with Crippen molar-refractivity contribution in [3.8, 4) is 11.8 Å². The number of hydrogen-bond acceptors (Lipinski definition) is 3. The highest BCUT2D eigenvalue weighted by molar-refractivity contribution is 5.93.